The first-order chi connectivity index (χ1) is 25.4. The molecule has 0 spiro atoms. The van der Waals surface area contributed by atoms with E-state index in [4.69, 9.17) is 9.47 Å². The van der Waals surface area contributed by atoms with E-state index in [1.54, 1.807) is 18.3 Å². The molecule has 0 radical (unpaired) electrons. The Kier molecular flexibility index (Phi) is 10.6. The van der Waals surface area contributed by atoms with E-state index in [0.717, 1.165) is 38.9 Å². The number of amides is 1. The molecule has 6 aromatic rings. The zero-order chi connectivity index (χ0) is 36.0. The second-order valence-electron chi connectivity index (χ2n) is 12.5. The minimum absolute atomic E-state index is 0.0489. The summed E-state index contributed by atoms with van der Waals surface area (Å²) in [5.74, 6) is -0.922. The van der Waals surface area contributed by atoms with Crippen LogP contribution in [0.1, 0.15) is 62.4 Å². The van der Waals surface area contributed by atoms with Crippen LogP contribution in [-0.4, -0.2) is 48.9 Å². The quantitative estimate of drug-likeness (QED) is 0.116. The Morgan fingerprint density at radius 2 is 1.58 bits per heavy atom. The highest BCUT2D eigenvalue weighted by Gasteiger charge is 2.38. The number of carbonyl (C=O) groups excluding carboxylic acids is 1. The molecule has 0 aliphatic carbocycles. The summed E-state index contributed by atoms with van der Waals surface area (Å²) in [5.41, 5.74) is 7.34. The maximum atomic E-state index is 12.9. The van der Waals surface area contributed by atoms with Crippen molar-refractivity contribution in [2.75, 3.05) is 5.75 Å². The summed E-state index contributed by atoms with van der Waals surface area (Å²) in [4.78, 5) is 37.8. The van der Waals surface area contributed by atoms with Crippen LogP contribution in [0.15, 0.2) is 127 Å². The van der Waals surface area contributed by atoms with Gasteiger partial charge in [-0.2, -0.15) is 0 Å². The van der Waals surface area contributed by atoms with Crippen molar-refractivity contribution in [2.24, 2.45) is 5.92 Å². The molecule has 1 amide bonds. The van der Waals surface area contributed by atoms with E-state index >= 15 is 0 Å². The molecule has 1 saturated heterocycles. The number of nitrogens with one attached hydrogen (secondary N) is 1. The third-order valence-electron chi connectivity index (χ3n) is 9.09. The number of pyridine rings is 1. The minimum Gasteiger partial charge on any atom is -0.478 e. The van der Waals surface area contributed by atoms with Crippen LogP contribution in [0.4, 0.5) is 0 Å². The van der Waals surface area contributed by atoms with Gasteiger partial charge in [-0.05, 0) is 58.1 Å². The highest BCUT2D eigenvalue weighted by molar-refractivity contribution is 7.99. The lowest BCUT2D eigenvalue weighted by Gasteiger charge is -2.41. The molecule has 1 aliphatic heterocycles. The number of fused-ring (bicyclic) bond motifs is 1. The highest BCUT2D eigenvalue weighted by Crippen LogP contribution is 2.43. The average Bonchev–Trinajstić information content (AvgIpc) is 3.19. The van der Waals surface area contributed by atoms with E-state index < -0.39 is 12.3 Å². The summed E-state index contributed by atoms with van der Waals surface area (Å²) in [6.07, 6.45) is 1.79. The van der Waals surface area contributed by atoms with Crippen molar-refractivity contribution in [3.63, 3.8) is 0 Å². The number of carboxylic acid groups (broad SMARTS) is 1. The monoisotopic (exact) mass is 712 g/mol. The van der Waals surface area contributed by atoms with Crippen LogP contribution >= 0.6 is 11.8 Å². The summed E-state index contributed by atoms with van der Waals surface area (Å²) < 4.78 is 13.2. The number of carbonyl (C=O) groups is 2. The number of rotatable bonds is 11. The molecule has 3 heterocycles. The molecule has 1 fully saturated rings. The lowest BCUT2D eigenvalue weighted by Crippen LogP contribution is -2.38. The van der Waals surface area contributed by atoms with Crippen molar-refractivity contribution >= 4 is 34.7 Å². The summed E-state index contributed by atoms with van der Waals surface area (Å²) >= 11 is 1.35. The molecule has 4 atom stereocenters. The minimum atomic E-state index is -1.03. The number of nitrogens with zero attached hydrogens (tertiary/aromatic N) is 3. The van der Waals surface area contributed by atoms with E-state index in [9.17, 15) is 19.8 Å². The smallest absolute Gasteiger partial charge is 0.338 e. The van der Waals surface area contributed by atoms with E-state index in [2.05, 4.69) is 27.2 Å². The molecule has 3 N–H and O–H groups in total. The van der Waals surface area contributed by atoms with E-state index in [-0.39, 0.29) is 41.9 Å². The first-order valence-corrected chi connectivity index (χ1v) is 17.9. The molecular weight excluding hydrogens is 677 g/mol. The van der Waals surface area contributed by atoms with Gasteiger partial charge in [0.2, 0.25) is 0 Å². The van der Waals surface area contributed by atoms with Gasteiger partial charge in [0.1, 0.15) is 10.7 Å². The van der Waals surface area contributed by atoms with Gasteiger partial charge in [0, 0.05) is 30.0 Å². The maximum Gasteiger partial charge on any atom is 0.338 e. The summed E-state index contributed by atoms with van der Waals surface area (Å²) in [7, 11) is 0. The second kappa shape index (κ2) is 15.8. The molecule has 0 saturated carbocycles. The topological polar surface area (TPSA) is 144 Å². The standard InChI is InChI=1S/C41H36N4O6S/c1-25-36(24-52-39-32(40(48)49)8-5-19-42-39)50-41(51-37(25)29-13-11-26(23-46)12-14-29)30-17-15-28(16-18-30)31-7-4-6-27(20-31)21-44-38(47)35-22-43-33-9-2-3-10-34(33)45-35/h2-20,22,25,36-37,41,46H,21,23-24H2,1H3,(H,44,47)(H,48,49). The summed E-state index contributed by atoms with van der Waals surface area (Å²) in [5, 5.41) is 22.6. The second-order valence-corrected chi connectivity index (χ2v) is 13.6. The van der Waals surface area contributed by atoms with Crippen molar-refractivity contribution in [2.45, 2.75) is 43.6 Å². The SMILES string of the molecule is CC1C(CSc2ncccc2C(=O)O)OC(c2ccc(-c3cccc(CNC(=O)c4cnc5ccccc5n4)c3)cc2)OC1c1ccc(CO)cc1. The molecule has 7 rings (SSSR count). The summed E-state index contributed by atoms with van der Waals surface area (Å²) in [6.45, 7) is 2.34. The van der Waals surface area contributed by atoms with Crippen molar-refractivity contribution < 1.29 is 29.3 Å². The molecule has 10 nitrogen and oxygen atoms in total. The van der Waals surface area contributed by atoms with Crippen LogP contribution in [0.5, 0.6) is 0 Å². The fourth-order valence-electron chi connectivity index (χ4n) is 6.17. The Hall–Kier alpha value is -5.46. The number of aromatic nitrogens is 3. The molecular formula is C41H36N4O6S. The predicted octanol–water partition coefficient (Wildman–Crippen LogP) is 7.40. The fourth-order valence-corrected chi connectivity index (χ4v) is 7.32. The number of aromatic carboxylic acids is 1. The van der Waals surface area contributed by atoms with Crippen LogP contribution in [0.2, 0.25) is 0 Å². The van der Waals surface area contributed by atoms with Gasteiger partial charge in [0.15, 0.2) is 6.29 Å². The van der Waals surface area contributed by atoms with Gasteiger partial charge in [-0.25, -0.2) is 14.8 Å². The molecule has 0 bridgehead atoms. The zero-order valence-electron chi connectivity index (χ0n) is 28.3. The number of hydrogen-bond acceptors (Lipinski definition) is 9. The van der Waals surface area contributed by atoms with Gasteiger partial charge >= 0.3 is 5.97 Å². The third-order valence-corrected chi connectivity index (χ3v) is 10.2. The molecule has 2 aromatic heterocycles. The van der Waals surface area contributed by atoms with E-state index in [1.807, 2.05) is 97.1 Å². The van der Waals surface area contributed by atoms with Crippen LogP contribution in [0, 0.1) is 5.92 Å². The van der Waals surface area contributed by atoms with Gasteiger partial charge in [0.05, 0.1) is 41.6 Å². The molecule has 4 unspecified atom stereocenters. The Balaban J connectivity index is 1.07. The maximum absolute atomic E-state index is 12.9. The lowest BCUT2D eigenvalue weighted by atomic mass is 9.91. The number of ether oxygens (including phenoxy) is 2. The largest absolute Gasteiger partial charge is 0.478 e. The molecule has 262 valence electrons. The fraction of sp³-hybridized carbons (Fsp3) is 0.195. The predicted molar refractivity (Wildman–Crippen MR) is 197 cm³/mol. The number of hydrogen-bond donors (Lipinski definition) is 3. The van der Waals surface area contributed by atoms with E-state index in [1.165, 1.54) is 18.0 Å². The third kappa shape index (κ3) is 7.88. The number of aliphatic hydroxyl groups is 1. The lowest BCUT2D eigenvalue weighted by molar-refractivity contribution is -0.268. The van der Waals surface area contributed by atoms with Gasteiger partial charge in [0.25, 0.3) is 5.91 Å². The number of thioether (sulfide) groups is 1. The first kappa shape index (κ1) is 35.0. The van der Waals surface area contributed by atoms with Crippen LogP contribution in [-0.2, 0) is 22.6 Å². The normalized spacial score (nSPS) is 18.6. The molecule has 52 heavy (non-hydrogen) atoms. The molecule has 4 aromatic carbocycles. The number of para-hydroxylation sites is 2. The van der Waals surface area contributed by atoms with E-state index in [0.29, 0.717) is 22.8 Å². The Morgan fingerprint density at radius 3 is 2.35 bits per heavy atom. The van der Waals surface area contributed by atoms with Crippen molar-refractivity contribution in [1.82, 2.24) is 20.3 Å². The molecule has 11 heteroatoms. The highest BCUT2D eigenvalue weighted by atomic mass is 32.2. The van der Waals surface area contributed by atoms with Crippen molar-refractivity contribution in [3.05, 3.63) is 155 Å². The van der Waals surface area contributed by atoms with Gasteiger partial charge in [-0.1, -0.05) is 85.8 Å². The number of benzene rings is 4. The zero-order valence-corrected chi connectivity index (χ0v) is 29.1. The Morgan fingerprint density at radius 1 is 0.808 bits per heavy atom. The first-order valence-electron chi connectivity index (χ1n) is 16.9. The number of aliphatic hydroxyl groups excluding tert-OH is 1. The van der Waals surface area contributed by atoms with Gasteiger partial charge in [-0.3, -0.25) is 9.78 Å². The summed E-state index contributed by atoms with van der Waals surface area (Å²) in [6, 6.07) is 34.3. The van der Waals surface area contributed by atoms with Crippen LogP contribution < -0.4 is 5.32 Å². The Bertz CT molecular complexity index is 2200. The van der Waals surface area contributed by atoms with Crippen molar-refractivity contribution in [3.8, 4) is 11.1 Å². The van der Waals surface area contributed by atoms with Gasteiger partial charge in [-0.15, -0.1) is 11.8 Å². The average molecular weight is 713 g/mol. The Labute approximate surface area is 304 Å². The van der Waals surface area contributed by atoms with Gasteiger partial charge < -0.3 is 25.0 Å². The van der Waals surface area contributed by atoms with Crippen LogP contribution in [0.3, 0.4) is 0 Å². The van der Waals surface area contributed by atoms with Crippen molar-refractivity contribution in [1.29, 1.82) is 0 Å². The molecule has 1 aliphatic rings. The van der Waals surface area contributed by atoms with Crippen LogP contribution in [0.25, 0.3) is 22.2 Å². The number of carboxylic acids is 1.